The van der Waals surface area contributed by atoms with Gasteiger partial charge in [0.2, 0.25) is 0 Å². The third kappa shape index (κ3) is 63.4. The third-order valence-electron chi connectivity index (χ3n) is 14.0. The first-order chi connectivity index (χ1) is 39.6. The number of carboxylic acids is 1. The molecule has 0 aromatic carbocycles. The molecular formula is C72H124NO8+. The van der Waals surface area contributed by atoms with E-state index in [1.165, 1.54) is 128 Å². The maximum Gasteiger partial charge on any atom is 0.361 e. The lowest BCUT2D eigenvalue weighted by Crippen LogP contribution is -2.40. The predicted molar refractivity (Wildman–Crippen MR) is 345 cm³/mol. The first kappa shape index (κ1) is 77.0. The van der Waals surface area contributed by atoms with E-state index in [9.17, 15) is 19.5 Å². The molecule has 0 aliphatic rings. The van der Waals surface area contributed by atoms with Gasteiger partial charge in [0.1, 0.15) is 13.2 Å². The monoisotopic (exact) mass is 1130 g/mol. The number of quaternary nitrogens is 1. The van der Waals surface area contributed by atoms with Crippen LogP contribution in [-0.4, -0.2) is 87.4 Å². The third-order valence-corrected chi connectivity index (χ3v) is 14.0. The van der Waals surface area contributed by atoms with Gasteiger partial charge in [-0.3, -0.25) is 9.59 Å². The van der Waals surface area contributed by atoms with Crippen LogP contribution in [0.3, 0.4) is 0 Å². The highest BCUT2D eigenvalue weighted by Crippen LogP contribution is 2.17. The molecule has 0 rings (SSSR count). The molecule has 0 fully saturated rings. The summed E-state index contributed by atoms with van der Waals surface area (Å²) in [5, 5.41) is 9.73. The van der Waals surface area contributed by atoms with E-state index in [2.05, 4.69) is 123 Å². The molecule has 81 heavy (non-hydrogen) atoms. The number of rotatable bonds is 60. The molecule has 2 atom stereocenters. The molecular weight excluding hydrogens is 1010 g/mol. The van der Waals surface area contributed by atoms with E-state index in [4.69, 9.17) is 18.9 Å². The van der Waals surface area contributed by atoms with E-state index < -0.39 is 24.3 Å². The van der Waals surface area contributed by atoms with Crippen molar-refractivity contribution in [3.63, 3.8) is 0 Å². The Hall–Kier alpha value is -4.05. The number of aliphatic carboxylic acids is 1. The number of hydrogen-bond donors (Lipinski definition) is 1. The zero-order chi connectivity index (χ0) is 59.1. The number of nitrogens with zero attached hydrogens (tertiary/aromatic N) is 1. The van der Waals surface area contributed by atoms with Crippen molar-refractivity contribution < 1.29 is 42.9 Å². The Kier molecular flexibility index (Phi) is 58.9. The van der Waals surface area contributed by atoms with Crippen LogP contribution in [0.15, 0.2) is 109 Å². The van der Waals surface area contributed by atoms with Crippen molar-refractivity contribution in [2.45, 2.75) is 283 Å². The van der Waals surface area contributed by atoms with E-state index in [-0.39, 0.29) is 32.2 Å². The summed E-state index contributed by atoms with van der Waals surface area (Å²) in [4.78, 5) is 37.6. The molecule has 0 amide bonds. The van der Waals surface area contributed by atoms with Crippen molar-refractivity contribution in [2.24, 2.45) is 0 Å². The van der Waals surface area contributed by atoms with Gasteiger partial charge in [-0.05, 0) is 83.5 Å². The zero-order valence-corrected chi connectivity index (χ0v) is 52.9. The molecule has 0 saturated carbocycles. The van der Waals surface area contributed by atoms with Crippen molar-refractivity contribution in [3.8, 4) is 0 Å². The highest BCUT2D eigenvalue weighted by molar-refractivity contribution is 5.71. The summed E-state index contributed by atoms with van der Waals surface area (Å²) in [6.07, 6.45) is 83.3. The summed E-state index contributed by atoms with van der Waals surface area (Å²) in [5.74, 6) is -2.03. The maximum atomic E-state index is 12.9. The number of carboxylic acid groups (broad SMARTS) is 1. The Morgan fingerprint density at radius 2 is 0.704 bits per heavy atom. The van der Waals surface area contributed by atoms with Crippen LogP contribution in [0, 0.1) is 0 Å². The molecule has 0 radical (unpaired) electrons. The van der Waals surface area contributed by atoms with Crippen LogP contribution in [0.4, 0.5) is 0 Å². The van der Waals surface area contributed by atoms with Crippen molar-refractivity contribution >= 4 is 17.9 Å². The minimum absolute atomic E-state index is 0.179. The molecule has 0 saturated heterocycles. The molecule has 0 aromatic heterocycles. The minimum atomic E-state index is -1.52. The molecule has 0 aliphatic heterocycles. The summed E-state index contributed by atoms with van der Waals surface area (Å²) < 4.78 is 22.9. The fourth-order valence-electron chi connectivity index (χ4n) is 9.01. The number of ether oxygens (including phenoxy) is 4. The Bertz CT molecular complexity index is 1700. The second kappa shape index (κ2) is 62.0. The van der Waals surface area contributed by atoms with Gasteiger partial charge in [-0.1, -0.05) is 284 Å². The van der Waals surface area contributed by atoms with Gasteiger partial charge >= 0.3 is 17.9 Å². The standard InChI is InChI=1S/C72H123NO8/c1-6-8-10-12-14-16-18-20-22-24-26-28-30-31-32-33-34-35-36-37-38-39-41-43-45-47-49-51-53-55-57-59-61-63-70(75)81-68(67-80-72(71(76)77)78-65-64-73(3,4)5)66-79-69(74)62-60-58-56-54-52-50-48-46-44-42-40-29-27-25-23-21-19-17-15-13-11-9-7-2/h8,10,14,16,20,22,26,28,31-32,34-35,37-38,41,43,47,49,68,72H,6-7,9,11-13,15,17-19,21,23-25,27,29-30,33,36,39-40,42,44-46,48,50-67H2,1-5H3/p+1/b10-8-,16-14-,22-20-,28-26-,32-31-,35-34-,38-37-,43-41-,49-47-. The van der Waals surface area contributed by atoms with Gasteiger partial charge < -0.3 is 28.5 Å². The zero-order valence-electron chi connectivity index (χ0n) is 52.9. The normalized spacial score (nSPS) is 13.4. The number of likely N-dealkylation sites (N-methyl/N-ethyl adjacent to an activating group) is 1. The quantitative estimate of drug-likeness (QED) is 0.0211. The Labute approximate surface area is 498 Å². The highest BCUT2D eigenvalue weighted by atomic mass is 16.7. The van der Waals surface area contributed by atoms with Crippen molar-refractivity contribution in [2.75, 3.05) is 47.5 Å². The van der Waals surface area contributed by atoms with Gasteiger partial charge in [0, 0.05) is 12.8 Å². The van der Waals surface area contributed by atoms with Crippen LogP contribution in [0.2, 0.25) is 0 Å². The second-order valence-electron chi connectivity index (χ2n) is 23.1. The fourth-order valence-corrected chi connectivity index (χ4v) is 9.01. The maximum absolute atomic E-state index is 12.9. The first-order valence-corrected chi connectivity index (χ1v) is 33.1. The lowest BCUT2D eigenvalue weighted by Gasteiger charge is -2.25. The number of unbranched alkanes of at least 4 members (excludes halogenated alkanes) is 27. The summed E-state index contributed by atoms with van der Waals surface area (Å²) in [6, 6.07) is 0. The Morgan fingerprint density at radius 3 is 1.05 bits per heavy atom. The molecule has 9 heteroatoms. The summed E-state index contributed by atoms with van der Waals surface area (Å²) in [6.45, 7) is 4.76. The fraction of sp³-hybridized carbons (Fsp3) is 0.708. The number of esters is 2. The molecule has 464 valence electrons. The van der Waals surface area contributed by atoms with E-state index in [0.29, 0.717) is 23.9 Å². The molecule has 0 aromatic rings. The van der Waals surface area contributed by atoms with Crippen LogP contribution in [0.5, 0.6) is 0 Å². The van der Waals surface area contributed by atoms with Gasteiger partial charge in [0.05, 0.1) is 34.4 Å². The van der Waals surface area contributed by atoms with Gasteiger partial charge in [0.15, 0.2) is 6.10 Å². The average molecular weight is 1130 g/mol. The number of allylic oxidation sites excluding steroid dienone is 18. The molecule has 0 spiro atoms. The SMILES string of the molecule is CC/C=C\C/C=C\C/C=C\C/C=C\C/C=C\C/C=C\C/C=C\C/C=C\C/C=C\CCCCCCCC(=O)OC(COC(=O)CCCCCCCCCCCCCCCCCCCCCCCCC)COC(OCC[N+](C)(C)C)C(=O)O. The van der Waals surface area contributed by atoms with Crippen LogP contribution < -0.4 is 0 Å². The number of carbonyl (C=O) groups is 3. The smallest absolute Gasteiger partial charge is 0.361 e. The van der Waals surface area contributed by atoms with Crippen molar-refractivity contribution in [1.29, 1.82) is 0 Å². The largest absolute Gasteiger partial charge is 0.477 e. The van der Waals surface area contributed by atoms with Crippen LogP contribution >= 0.6 is 0 Å². The lowest BCUT2D eigenvalue weighted by molar-refractivity contribution is -0.870. The van der Waals surface area contributed by atoms with Gasteiger partial charge in [-0.25, -0.2) is 4.79 Å². The summed E-state index contributed by atoms with van der Waals surface area (Å²) in [5.41, 5.74) is 0. The van der Waals surface area contributed by atoms with E-state index in [1.807, 2.05) is 21.1 Å². The minimum Gasteiger partial charge on any atom is -0.477 e. The first-order valence-electron chi connectivity index (χ1n) is 33.1. The van der Waals surface area contributed by atoms with Crippen LogP contribution in [0.1, 0.15) is 271 Å². The topological polar surface area (TPSA) is 108 Å². The second-order valence-corrected chi connectivity index (χ2v) is 23.1. The predicted octanol–water partition coefficient (Wildman–Crippen LogP) is 20.2. The van der Waals surface area contributed by atoms with Gasteiger partial charge in [-0.15, -0.1) is 0 Å². The molecule has 0 bridgehead atoms. The van der Waals surface area contributed by atoms with Crippen LogP contribution in [0.25, 0.3) is 0 Å². The molecule has 2 unspecified atom stereocenters. The van der Waals surface area contributed by atoms with Crippen molar-refractivity contribution in [1.82, 2.24) is 0 Å². The molecule has 0 aliphatic carbocycles. The average Bonchev–Trinajstić information content (AvgIpc) is 3.44. The van der Waals surface area contributed by atoms with E-state index in [1.54, 1.807) is 0 Å². The summed E-state index contributed by atoms with van der Waals surface area (Å²) >= 11 is 0. The Balaban J connectivity index is 4.24. The molecule has 9 nitrogen and oxygen atoms in total. The van der Waals surface area contributed by atoms with E-state index in [0.717, 1.165) is 109 Å². The van der Waals surface area contributed by atoms with Crippen LogP contribution in [-0.2, 0) is 33.3 Å². The lowest BCUT2D eigenvalue weighted by atomic mass is 10.0. The number of hydrogen-bond acceptors (Lipinski definition) is 7. The van der Waals surface area contributed by atoms with E-state index >= 15 is 0 Å². The molecule has 1 N–H and O–H groups in total. The molecule has 0 heterocycles. The van der Waals surface area contributed by atoms with Gasteiger partial charge in [-0.2, -0.15) is 0 Å². The Morgan fingerprint density at radius 1 is 0.383 bits per heavy atom. The van der Waals surface area contributed by atoms with Crippen molar-refractivity contribution in [3.05, 3.63) is 109 Å². The number of carbonyl (C=O) groups excluding carboxylic acids is 2. The highest BCUT2D eigenvalue weighted by Gasteiger charge is 2.25. The summed E-state index contributed by atoms with van der Waals surface area (Å²) in [7, 11) is 5.96. The van der Waals surface area contributed by atoms with Gasteiger partial charge in [0.25, 0.3) is 6.29 Å².